The van der Waals surface area contributed by atoms with Crippen LogP contribution in [0.4, 0.5) is 0 Å². The smallest absolute Gasteiger partial charge is 0.147 e. The van der Waals surface area contributed by atoms with Crippen molar-refractivity contribution >= 4 is 0 Å². The monoisotopic (exact) mass is 422 g/mol. The van der Waals surface area contributed by atoms with E-state index in [0.29, 0.717) is 43.5 Å². The first-order valence-corrected chi connectivity index (χ1v) is 11.7. The zero-order valence-electron chi connectivity index (χ0n) is 17.5. The standard InChI is InChI=1S/C20H34N6O4/c1-7-17-19(23-25-21-17)9-13(1)11-29-30-15-4-2-14(3-5-15)27-12-28-16-6-8-18-20(10-16)24-26-22-18/h13-20H,1-12H2,(H,21,23)(H,22,24). The molecule has 5 rings (SSSR count). The van der Waals surface area contributed by atoms with Crippen LogP contribution in [-0.2, 0) is 19.2 Å². The van der Waals surface area contributed by atoms with E-state index in [1.165, 1.54) is 0 Å². The number of hydrogen-bond acceptors (Lipinski definition) is 10. The van der Waals surface area contributed by atoms with E-state index in [1.54, 1.807) is 0 Å². The van der Waals surface area contributed by atoms with E-state index in [1.807, 2.05) is 0 Å². The van der Waals surface area contributed by atoms with E-state index in [-0.39, 0.29) is 18.3 Å². The van der Waals surface area contributed by atoms with Crippen LogP contribution in [-0.4, -0.2) is 55.9 Å². The van der Waals surface area contributed by atoms with Crippen LogP contribution in [0.15, 0.2) is 20.7 Å². The van der Waals surface area contributed by atoms with Crippen molar-refractivity contribution in [3.05, 3.63) is 0 Å². The fourth-order valence-electron chi connectivity index (χ4n) is 5.34. The van der Waals surface area contributed by atoms with Crippen molar-refractivity contribution in [2.75, 3.05) is 13.4 Å². The zero-order chi connectivity index (χ0) is 20.2. The number of rotatable bonds is 8. The van der Waals surface area contributed by atoms with Gasteiger partial charge >= 0.3 is 0 Å². The third kappa shape index (κ3) is 5.09. The zero-order valence-corrected chi connectivity index (χ0v) is 17.5. The molecule has 6 atom stereocenters. The summed E-state index contributed by atoms with van der Waals surface area (Å²) < 4.78 is 11.9. The number of nitrogens with zero attached hydrogens (tertiary/aromatic N) is 4. The van der Waals surface area contributed by atoms with Gasteiger partial charge in [0.2, 0.25) is 0 Å². The molecule has 0 aromatic carbocycles. The van der Waals surface area contributed by atoms with Crippen LogP contribution in [0.1, 0.15) is 64.2 Å². The average molecular weight is 423 g/mol. The summed E-state index contributed by atoms with van der Waals surface area (Å²) in [6.07, 6.45) is 10.9. The highest BCUT2D eigenvalue weighted by molar-refractivity contribution is 4.91. The maximum absolute atomic E-state index is 5.97. The lowest BCUT2D eigenvalue weighted by Crippen LogP contribution is -2.40. The maximum Gasteiger partial charge on any atom is 0.147 e. The molecule has 3 saturated carbocycles. The molecule has 3 fully saturated rings. The highest BCUT2D eigenvalue weighted by Crippen LogP contribution is 2.31. The summed E-state index contributed by atoms with van der Waals surface area (Å²) in [7, 11) is 0. The Morgan fingerprint density at radius 1 is 0.667 bits per heavy atom. The van der Waals surface area contributed by atoms with Crippen molar-refractivity contribution < 1.29 is 19.2 Å². The van der Waals surface area contributed by atoms with E-state index in [9.17, 15) is 0 Å². The summed E-state index contributed by atoms with van der Waals surface area (Å²) in [5.74, 6) is 0.524. The SMILES string of the molecule is C(OC1CCC(OOCC2CCC3N=NNC3C2)CC1)OC1CCC2N=NNC2C1. The van der Waals surface area contributed by atoms with Gasteiger partial charge in [-0.15, -0.1) is 0 Å². The molecule has 30 heavy (non-hydrogen) atoms. The molecule has 0 aromatic rings. The van der Waals surface area contributed by atoms with Gasteiger partial charge in [0.05, 0.1) is 49.1 Å². The Bertz CT molecular complexity index is 562. The Balaban J connectivity index is 0.908. The third-order valence-electron chi connectivity index (χ3n) is 7.28. The molecule has 0 bridgehead atoms. The molecule has 0 radical (unpaired) electrons. The molecular weight excluding hydrogens is 388 g/mol. The molecule has 0 saturated heterocycles. The topological polar surface area (TPSA) is 110 Å². The highest BCUT2D eigenvalue weighted by atomic mass is 17.2. The van der Waals surface area contributed by atoms with Crippen LogP contribution in [0.5, 0.6) is 0 Å². The second-order valence-electron chi connectivity index (χ2n) is 9.38. The van der Waals surface area contributed by atoms with Crippen LogP contribution in [0, 0.1) is 5.92 Å². The molecule has 0 aromatic heterocycles. The molecule has 3 aliphatic carbocycles. The molecule has 2 aliphatic heterocycles. The number of nitrogens with one attached hydrogen (secondary N) is 2. The lowest BCUT2D eigenvalue weighted by atomic mass is 9.84. The molecule has 0 spiro atoms. The second-order valence-corrected chi connectivity index (χ2v) is 9.38. The fourth-order valence-corrected chi connectivity index (χ4v) is 5.34. The Morgan fingerprint density at radius 3 is 2.10 bits per heavy atom. The van der Waals surface area contributed by atoms with Crippen molar-refractivity contribution in [2.45, 2.75) is 107 Å². The summed E-state index contributed by atoms with van der Waals surface area (Å²) in [6, 6.07) is 1.42. The van der Waals surface area contributed by atoms with Crippen LogP contribution in [0.2, 0.25) is 0 Å². The normalized spacial score (nSPS) is 42.4. The van der Waals surface area contributed by atoms with Crippen molar-refractivity contribution in [2.24, 2.45) is 26.6 Å². The van der Waals surface area contributed by atoms with Gasteiger partial charge in [-0.3, -0.25) is 10.9 Å². The van der Waals surface area contributed by atoms with Crippen molar-refractivity contribution in [3.63, 3.8) is 0 Å². The van der Waals surface area contributed by atoms with Gasteiger partial charge in [-0.1, -0.05) is 10.4 Å². The van der Waals surface area contributed by atoms with E-state index in [4.69, 9.17) is 19.2 Å². The Kier molecular flexibility index (Phi) is 6.74. The second kappa shape index (κ2) is 9.84. The Morgan fingerprint density at radius 2 is 1.30 bits per heavy atom. The van der Waals surface area contributed by atoms with Crippen LogP contribution >= 0.6 is 0 Å². The largest absolute Gasteiger partial charge is 0.352 e. The minimum Gasteiger partial charge on any atom is -0.352 e. The van der Waals surface area contributed by atoms with Gasteiger partial charge in [0.1, 0.15) is 6.79 Å². The molecule has 2 heterocycles. The quantitative estimate of drug-likeness (QED) is 0.353. The van der Waals surface area contributed by atoms with Gasteiger partial charge in [0, 0.05) is 0 Å². The first-order valence-electron chi connectivity index (χ1n) is 11.7. The predicted octanol–water partition coefficient (Wildman–Crippen LogP) is 3.00. The Labute approximate surface area is 177 Å². The number of ether oxygens (including phenoxy) is 2. The molecule has 10 heteroatoms. The lowest BCUT2D eigenvalue weighted by molar-refractivity contribution is -0.337. The molecule has 5 aliphatic rings. The predicted molar refractivity (Wildman–Crippen MR) is 106 cm³/mol. The molecule has 0 amide bonds. The fraction of sp³-hybridized carbons (Fsp3) is 1.00. The maximum atomic E-state index is 5.97. The van der Waals surface area contributed by atoms with Gasteiger partial charge in [0.25, 0.3) is 0 Å². The van der Waals surface area contributed by atoms with Gasteiger partial charge in [-0.2, -0.15) is 10.2 Å². The van der Waals surface area contributed by atoms with Crippen LogP contribution < -0.4 is 10.9 Å². The van der Waals surface area contributed by atoms with Gasteiger partial charge in [0.15, 0.2) is 0 Å². The molecule has 2 N–H and O–H groups in total. The van der Waals surface area contributed by atoms with Crippen LogP contribution in [0.25, 0.3) is 0 Å². The number of fused-ring (bicyclic) bond motifs is 2. The Hall–Kier alpha value is -1.36. The van der Waals surface area contributed by atoms with E-state index in [2.05, 4.69) is 31.5 Å². The summed E-state index contributed by atoms with van der Waals surface area (Å²) in [6.45, 7) is 1.04. The summed E-state index contributed by atoms with van der Waals surface area (Å²) in [5, 5.41) is 16.3. The first-order chi connectivity index (χ1) is 14.8. The van der Waals surface area contributed by atoms with Crippen LogP contribution in [0.3, 0.4) is 0 Å². The first kappa shape index (κ1) is 20.5. The van der Waals surface area contributed by atoms with E-state index in [0.717, 1.165) is 64.2 Å². The average Bonchev–Trinajstić information content (AvgIpc) is 3.43. The van der Waals surface area contributed by atoms with E-state index < -0.39 is 0 Å². The molecular formula is C20H34N6O4. The summed E-state index contributed by atoms with van der Waals surface area (Å²) in [5.41, 5.74) is 6.19. The summed E-state index contributed by atoms with van der Waals surface area (Å²) >= 11 is 0. The highest BCUT2D eigenvalue weighted by Gasteiger charge is 2.35. The van der Waals surface area contributed by atoms with Crippen molar-refractivity contribution in [3.8, 4) is 0 Å². The van der Waals surface area contributed by atoms with Crippen molar-refractivity contribution in [1.82, 2.24) is 10.9 Å². The van der Waals surface area contributed by atoms with E-state index >= 15 is 0 Å². The molecule has 10 nitrogen and oxygen atoms in total. The van der Waals surface area contributed by atoms with Gasteiger partial charge in [-0.25, -0.2) is 9.78 Å². The number of hydrogen-bond donors (Lipinski definition) is 2. The van der Waals surface area contributed by atoms with Crippen molar-refractivity contribution in [1.29, 1.82) is 0 Å². The van der Waals surface area contributed by atoms with Gasteiger partial charge in [-0.05, 0) is 70.1 Å². The van der Waals surface area contributed by atoms with Gasteiger partial charge < -0.3 is 9.47 Å². The molecule has 168 valence electrons. The third-order valence-corrected chi connectivity index (χ3v) is 7.28. The minimum atomic E-state index is 0.174. The molecule has 6 unspecified atom stereocenters. The minimum absolute atomic E-state index is 0.174. The lowest BCUT2D eigenvalue weighted by Gasteiger charge is -2.31. The summed E-state index contributed by atoms with van der Waals surface area (Å²) in [4.78, 5) is 11.3.